The van der Waals surface area contributed by atoms with E-state index in [1.54, 1.807) is 12.1 Å². The van der Waals surface area contributed by atoms with Crippen molar-refractivity contribution >= 4 is 27.8 Å². The van der Waals surface area contributed by atoms with Gasteiger partial charge < -0.3 is 14.2 Å². The Balaban J connectivity index is 1.76. The maximum atomic E-state index is 13.6. The highest BCUT2D eigenvalue weighted by molar-refractivity contribution is 7.87. The number of hydrogen-bond donors (Lipinski definition) is 1. The molecule has 1 amide bonds. The molecule has 0 aliphatic carbocycles. The molecule has 0 saturated carbocycles. The van der Waals surface area contributed by atoms with Crippen molar-refractivity contribution in [3.63, 3.8) is 0 Å². The Hall–Kier alpha value is -3.72. The van der Waals surface area contributed by atoms with Crippen LogP contribution in [0.1, 0.15) is 11.1 Å². The number of anilines is 1. The summed E-state index contributed by atoms with van der Waals surface area (Å²) in [7, 11) is -2.74. The van der Waals surface area contributed by atoms with Crippen LogP contribution in [-0.2, 0) is 14.9 Å². The first kappa shape index (κ1) is 23.0. The Labute approximate surface area is 184 Å². The quantitative estimate of drug-likeness (QED) is 0.409. The van der Waals surface area contributed by atoms with E-state index >= 15 is 0 Å². The Morgan fingerprint density at radius 3 is 2.25 bits per heavy atom. The first-order valence-corrected chi connectivity index (χ1v) is 10.7. The number of ether oxygens (including phenoxy) is 1. The molecule has 9 heteroatoms. The van der Waals surface area contributed by atoms with Crippen LogP contribution in [0.15, 0.2) is 71.6 Å². The minimum atomic E-state index is -4.08. The Morgan fingerprint density at radius 2 is 1.62 bits per heavy atom. The molecule has 0 saturated heterocycles. The number of halogens is 2. The number of carbonyl (C=O) groups is 1. The molecule has 6 nitrogen and oxygen atoms in total. The van der Waals surface area contributed by atoms with E-state index in [1.165, 1.54) is 49.6 Å². The fraction of sp³-hybridized carbons (Fsp3) is 0.0870. The normalized spacial score (nSPS) is 11.4. The maximum Gasteiger partial charge on any atom is 0.339 e. The predicted molar refractivity (Wildman–Crippen MR) is 116 cm³/mol. The van der Waals surface area contributed by atoms with Gasteiger partial charge in [0, 0.05) is 6.08 Å². The summed E-state index contributed by atoms with van der Waals surface area (Å²) >= 11 is 0. The number of methoxy groups -OCH3 is 1. The van der Waals surface area contributed by atoms with E-state index in [1.807, 2.05) is 6.92 Å². The van der Waals surface area contributed by atoms with Gasteiger partial charge in [0.1, 0.15) is 22.2 Å². The molecule has 0 unspecified atom stereocenters. The monoisotopic (exact) mass is 459 g/mol. The van der Waals surface area contributed by atoms with Crippen molar-refractivity contribution in [3.05, 3.63) is 89.5 Å². The molecule has 3 rings (SSSR count). The van der Waals surface area contributed by atoms with Crippen LogP contribution < -0.4 is 14.2 Å². The van der Waals surface area contributed by atoms with E-state index in [2.05, 4.69) is 5.32 Å². The van der Waals surface area contributed by atoms with Gasteiger partial charge in [-0.25, -0.2) is 8.78 Å². The molecular formula is C23H19F2NO5S. The Kier molecular flexibility index (Phi) is 6.89. The summed E-state index contributed by atoms with van der Waals surface area (Å²) in [4.78, 5) is 12.0. The van der Waals surface area contributed by atoms with E-state index in [-0.39, 0.29) is 16.4 Å². The van der Waals surface area contributed by atoms with Gasteiger partial charge in [-0.3, -0.25) is 4.79 Å². The number of nitrogens with one attached hydrogen (secondary N) is 1. The lowest BCUT2D eigenvalue weighted by Gasteiger charge is -2.11. The molecule has 3 aromatic rings. The maximum absolute atomic E-state index is 13.6. The fourth-order valence-electron chi connectivity index (χ4n) is 2.68. The van der Waals surface area contributed by atoms with Crippen LogP contribution in [0.2, 0.25) is 0 Å². The van der Waals surface area contributed by atoms with Crippen molar-refractivity contribution in [2.45, 2.75) is 11.8 Å². The van der Waals surface area contributed by atoms with Crippen LogP contribution in [0, 0.1) is 18.6 Å². The summed E-state index contributed by atoms with van der Waals surface area (Å²) in [6.07, 6.45) is 2.44. The van der Waals surface area contributed by atoms with Crippen molar-refractivity contribution in [2.24, 2.45) is 0 Å². The van der Waals surface area contributed by atoms with Gasteiger partial charge in [0.2, 0.25) is 5.91 Å². The number of aryl methyl sites for hydroxylation is 1. The zero-order valence-electron chi connectivity index (χ0n) is 17.1. The van der Waals surface area contributed by atoms with Gasteiger partial charge in [0.25, 0.3) is 0 Å². The number of para-hydroxylation sites is 1. The SMILES string of the molecule is COc1cc(/C=C/C(=O)Nc2c(F)cccc2F)ccc1OS(=O)(=O)c1ccc(C)cc1. The predicted octanol–water partition coefficient (Wildman–Crippen LogP) is 4.70. The van der Waals surface area contributed by atoms with E-state index in [4.69, 9.17) is 8.92 Å². The topological polar surface area (TPSA) is 81.7 Å². The minimum absolute atomic E-state index is 0.00817. The van der Waals surface area contributed by atoms with Crippen LogP contribution >= 0.6 is 0 Å². The fourth-order valence-corrected chi connectivity index (χ4v) is 3.62. The molecule has 0 radical (unpaired) electrons. The summed E-state index contributed by atoms with van der Waals surface area (Å²) in [5, 5.41) is 2.13. The molecule has 0 atom stereocenters. The highest BCUT2D eigenvalue weighted by Gasteiger charge is 2.19. The lowest BCUT2D eigenvalue weighted by Crippen LogP contribution is -2.11. The molecule has 0 spiro atoms. The molecule has 0 aromatic heterocycles. The van der Waals surface area contributed by atoms with Crippen LogP contribution in [0.5, 0.6) is 11.5 Å². The van der Waals surface area contributed by atoms with Gasteiger partial charge in [0.05, 0.1) is 7.11 Å². The van der Waals surface area contributed by atoms with Crippen LogP contribution in [0.4, 0.5) is 14.5 Å². The first-order valence-electron chi connectivity index (χ1n) is 9.32. The Bertz CT molecular complexity index is 1250. The van der Waals surface area contributed by atoms with E-state index in [0.29, 0.717) is 5.56 Å². The molecule has 0 bridgehead atoms. The highest BCUT2D eigenvalue weighted by atomic mass is 32.2. The number of carbonyl (C=O) groups excluding carboxylic acids is 1. The largest absolute Gasteiger partial charge is 0.493 e. The van der Waals surface area contributed by atoms with Crippen LogP contribution in [-0.4, -0.2) is 21.4 Å². The van der Waals surface area contributed by atoms with Crippen molar-refractivity contribution in [1.29, 1.82) is 0 Å². The number of hydrogen-bond acceptors (Lipinski definition) is 5. The molecule has 1 N–H and O–H groups in total. The van der Waals surface area contributed by atoms with Crippen molar-refractivity contribution < 1.29 is 30.9 Å². The van der Waals surface area contributed by atoms with E-state index in [0.717, 1.165) is 23.8 Å². The molecule has 0 fully saturated rings. The third kappa shape index (κ3) is 5.50. The van der Waals surface area contributed by atoms with E-state index in [9.17, 15) is 22.0 Å². The number of amides is 1. The second kappa shape index (κ2) is 9.61. The molecule has 0 aliphatic rings. The average Bonchev–Trinajstić information content (AvgIpc) is 2.75. The molecule has 0 heterocycles. The smallest absolute Gasteiger partial charge is 0.339 e. The van der Waals surface area contributed by atoms with Gasteiger partial charge in [0.15, 0.2) is 11.5 Å². The van der Waals surface area contributed by atoms with Crippen LogP contribution in [0.3, 0.4) is 0 Å². The third-order valence-corrected chi connectivity index (χ3v) is 5.58. The average molecular weight is 459 g/mol. The minimum Gasteiger partial charge on any atom is -0.493 e. The van der Waals surface area contributed by atoms with Gasteiger partial charge in [-0.15, -0.1) is 0 Å². The van der Waals surface area contributed by atoms with Gasteiger partial charge in [-0.1, -0.05) is 29.8 Å². The van der Waals surface area contributed by atoms with Crippen molar-refractivity contribution in [2.75, 3.05) is 12.4 Å². The third-order valence-electron chi connectivity index (χ3n) is 4.33. The molecule has 3 aromatic carbocycles. The lowest BCUT2D eigenvalue weighted by atomic mass is 10.2. The second-order valence-electron chi connectivity index (χ2n) is 6.68. The lowest BCUT2D eigenvalue weighted by molar-refractivity contribution is -0.111. The summed E-state index contributed by atoms with van der Waals surface area (Å²) in [5.41, 5.74) is 0.815. The molecule has 0 aliphatic heterocycles. The molecule has 166 valence electrons. The van der Waals surface area contributed by atoms with Crippen LogP contribution in [0.25, 0.3) is 6.08 Å². The first-order chi connectivity index (χ1) is 15.2. The Morgan fingerprint density at radius 1 is 0.969 bits per heavy atom. The van der Waals surface area contributed by atoms with Crippen molar-refractivity contribution in [3.8, 4) is 11.5 Å². The standard InChI is InChI=1S/C23H19F2NO5S/c1-15-6-10-17(11-7-15)32(28,29)31-20-12-8-16(14-21(20)30-2)9-13-22(27)26-23-18(24)4-3-5-19(23)25/h3-14H,1-2H3,(H,26,27)/b13-9+. The van der Waals surface area contributed by atoms with Gasteiger partial charge >= 0.3 is 10.1 Å². The van der Waals surface area contributed by atoms with Gasteiger partial charge in [-0.05, 0) is 55.0 Å². The summed E-state index contributed by atoms with van der Waals surface area (Å²) in [6, 6.07) is 13.7. The summed E-state index contributed by atoms with van der Waals surface area (Å²) in [5.74, 6) is -2.48. The second-order valence-corrected chi connectivity index (χ2v) is 8.23. The van der Waals surface area contributed by atoms with E-state index < -0.39 is 33.3 Å². The van der Waals surface area contributed by atoms with Gasteiger partial charge in [-0.2, -0.15) is 8.42 Å². The summed E-state index contributed by atoms with van der Waals surface area (Å²) in [6.45, 7) is 1.83. The zero-order chi connectivity index (χ0) is 23.3. The zero-order valence-corrected chi connectivity index (χ0v) is 18.0. The summed E-state index contributed by atoms with van der Waals surface area (Å²) < 4.78 is 62.7. The number of rotatable bonds is 7. The molecular weight excluding hydrogens is 440 g/mol. The van der Waals surface area contributed by atoms with Crippen molar-refractivity contribution in [1.82, 2.24) is 0 Å². The highest BCUT2D eigenvalue weighted by Crippen LogP contribution is 2.31. The molecule has 32 heavy (non-hydrogen) atoms. The number of benzene rings is 3.